The van der Waals surface area contributed by atoms with E-state index in [1.54, 1.807) is 18.3 Å². The lowest BCUT2D eigenvalue weighted by Crippen LogP contribution is -2.32. The van der Waals surface area contributed by atoms with Gasteiger partial charge in [-0.1, -0.05) is 0 Å². The molecule has 1 heterocycles. The normalized spacial score (nSPS) is 23.4. The number of amides is 1. The molecule has 1 aliphatic carbocycles. The average molecular weight is 351 g/mol. The second kappa shape index (κ2) is 6.11. The number of aromatic nitrogens is 1. The van der Waals surface area contributed by atoms with Crippen LogP contribution in [0.25, 0.3) is 0 Å². The van der Waals surface area contributed by atoms with E-state index in [2.05, 4.69) is 26.2 Å². The number of hydrogen-bond acceptors (Lipinski definition) is 2. The van der Waals surface area contributed by atoms with Gasteiger partial charge in [-0.05, 0) is 53.7 Å². The van der Waals surface area contributed by atoms with E-state index in [-0.39, 0.29) is 37.5 Å². The smallest absolute Gasteiger partial charge is 0.310 e. The lowest BCUT2D eigenvalue weighted by Gasteiger charge is -2.28. The number of carbonyl (C=O) groups excluding carboxylic acids is 1. The van der Waals surface area contributed by atoms with Gasteiger partial charge >= 0.3 is 6.18 Å². The highest BCUT2D eigenvalue weighted by atomic mass is 79.9. The average Bonchev–Trinajstić information content (AvgIpc) is 2.40. The summed E-state index contributed by atoms with van der Waals surface area (Å²) in [6.07, 6.45) is -2.01. The molecule has 1 N–H and O–H groups in total. The number of nitrogens with one attached hydrogen (secondary N) is 1. The summed E-state index contributed by atoms with van der Waals surface area (Å²) in [7, 11) is 0. The summed E-state index contributed by atoms with van der Waals surface area (Å²) in [6.45, 7) is 0. The number of alkyl halides is 3. The molecule has 1 aromatic rings. The van der Waals surface area contributed by atoms with Crippen molar-refractivity contribution in [2.24, 2.45) is 11.8 Å². The van der Waals surface area contributed by atoms with E-state index < -0.39 is 12.1 Å². The Morgan fingerprint density at radius 2 is 1.90 bits per heavy atom. The topological polar surface area (TPSA) is 42.0 Å². The summed E-state index contributed by atoms with van der Waals surface area (Å²) < 4.78 is 38.4. The van der Waals surface area contributed by atoms with E-state index in [1.807, 2.05) is 0 Å². The molecule has 1 aliphatic rings. The molecule has 20 heavy (non-hydrogen) atoms. The van der Waals surface area contributed by atoms with Crippen LogP contribution in [-0.2, 0) is 4.79 Å². The van der Waals surface area contributed by atoms with Crippen LogP contribution in [0.2, 0.25) is 0 Å². The zero-order chi connectivity index (χ0) is 14.8. The van der Waals surface area contributed by atoms with Gasteiger partial charge in [-0.25, -0.2) is 4.98 Å². The van der Waals surface area contributed by atoms with Crippen LogP contribution in [0.3, 0.4) is 0 Å². The van der Waals surface area contributed by atoms with Gasteiger partial charge in [-0.15, -0.1) is 0 Å². The zero-order valence-electron chi connectivity index (χ0n) is 10.6. The Balaban J connectivity index is 1.87. The minimum Gasteiger partial charge on any atom is -0.310 e. The van der Waals surface area contributed by atoms with Crippen molar-refractivity contribution in [2.75, 3.05) is 5.32 Å². The maximum absolute atomic E-state index is 12.5. The quantitative estimate of drug-likeness (QED) is 0.870. The molecule has 7 heteroatoms. The highest BCUT2D eigenvalue weighted by Crippen LogP contribution is 2.39. The fourth-order valence-corrected chi connectivity index (χ4v) is 2.60. The molecule has 0 atom stereocenters. The Hall–Kier alpha value is -1.11. The van der Waals surface area contributed by atoms with Crippen molar-refractivity contribution in [3.8, 4) is 0 Å². The second-order valence-electron chi connectivity index (χ2n) is 4.94. The monoisotopic (exact) mass is 350 g/mol. The molecule has 1 saturated carbocycles. The zero-order valence-corrected chi connectivity index (χ0v) is 12.2. The van der Waals surface area contributed by atoms with Gasteiger partial charge in [0.15, 0.2) is 0 Å². The van der Waals surface area contributed by atoms with Crippen molar-refractivity contribution in [1.29, 1.82) is 0 Å². The van der Waals surface area contributed by atoms with E-state index in [9.17, 15) is 18.0 Å². The molecule has 110 valence electrons. The van der Waals surface area contributed by atoms with Crippen molar-refractivity contribution >= 4 is 27.7 Å². The first-order valence-electron chi connectivity index (χ1n) is 6.35. The highest BCUT2D eigenvalue weighted by Gasteiger charge is 2.42. The molecule has 0 saturated heterocycles. The third-order valence-electron chi connectivity index (χ3n) is 3.54. The maximum atomic E-state index is 12.5. The summed E-state index contributed by atoms with van der Waals surface area (Å²) in [5.41, 5.74) is 0. The number of halogens is 4. The van der Waals surface area contributed by atoms with Crippen LogP contribution in [0.4, 0.5) is 19.0 Å². The van der Waals surface area contributed by atoms with Gasteiger partial charge in [0.2, 0.25) is 5.91 Å². The molecular weight excluding hydrogens is 337 g/mol. The lowest BCUT2D eigenvalue weighted by molar-refractivity contribution is -0.184. The molecule has 0 aliphatic heterocycles. The number of anilines is 1. The fraction of sp³-hybridized carbons (Fsp3) is 0.538. The van der Waals surface area contributed by atoms with Crippen LogP contribution in [0.15, 0.2) is 22.8 Å². The first kappa shape index (κ1) is 15.3. The first-order chi connectivity index (χ1) is 9.36. The van der Waals surface area contributed by atoms with Gasteiger partial charge in [0.05, 0.1) is 5.92 Å². The van der Waals surface area contributed by atoms with Crippen LogP contribution in [0.5, 0.6) is 0 Å². The predicted molar refractivity (Wildman–Crippen MR) is 72.1 cm³/mol. The Bertz CT molecular complexity index is 467. The van der Waals surface area contributed by atoms with Crippen LogP contribution in [-0.4, -0.2) is 17.1 Å². The largest absolute Gasteiger partial charge is 0.391 e. The van der Waals surface area contributed by atoms with Gasteiger partial charge in [0.25, 0.3) is 0 Å². The predicted octanol–water partition coefficient (Wildman–Crippen LogP) is 4.15. The minimum atomic E-state index is -4.14. The van der Waals surface area contributed by atoms with Crippen molar-refractivity contribution in [2.45, 2.75) is 31.9 Å². The van der Waals surface area contributed by atoms with E-state index in [0.29, 0.717) is 5.82 Å². The second-order valence-corrected chi connectivity index (χ2v) is 5.86. The molecule has 1 amide bonds. The molecule has 1 fully saturated rings. The first-order valence-corrected chi connectivity index (χ1v) is 7.14. The van der Waals surface area contributed by atoms with E-state index in [4.69, 9.17) is 0 Å². The molecule has 0 spiro atoms. The van der Waals surface area contributed by atoms with Gasteiger partial charge in [0.1, 0.15) is 5.82 Å². The molecule has 0 aromatic carbocycles. The van der Waals surface area contributed by atoms with E-state index in [1.165, 1.54) is 0 Å². The van der Waals surface area contributed by atoms with E-state index in [0.717, 1.165) is 4.47 Å². The molecule has 0 unspecified atom stereocenters. The summed E-state index contributed by atoms with van der Waals surface area (Å²) in [6, 6.07) is 3.38. The van der Waals surface area contributed by atoms with Crippen LogP contribution in [0, 0.1) is 11.8 Å². The van der Waals surface area contributed by atoms with E-state index >= 15 is 0 Å². The fourth-order valence-electron chi connectivity index (χ4n) is 2.36. The Morgan fingerprint density at radius 3 is 2.40 bits per heavy atom. The van der Waals surface area contributed by atoms with Crippen molar-refractivity contribution < 1.29 is 18.0 Å². The Labute approximate surface area is 123 Å². The third-order valence-corrected chi connectivity index (χ3v) is 4.01. The van der Waals surface area contributed by atoms with Crippen molar-refractivity contribution in [3.63, 3.8) is 0 Å². The highest BCUT2D eigenvalue weighted by molar-refractivity contribution is 9.10. The number of pyridine rings is 1. The van der Waals surface area contributed by atoms with Gasteiger partial charge in [-0.3, -0.25) is 4.79 Å². The molecule has 1 aromatic heterocycles. The van der Waals surface area contributed by atoms with Crippen LogP contribution in [0.1, 0.15) is 25.7 Å². The number of hydrogen-bond donors (Lipinski definition) is 1. The van der Waals surface area contributed by atoms with Crippen molar-refractivity contribution in [3.05, 3.63) is 22.8 Å². The van der Waals surface area contributed by atoms with Gasteiger partial charge in [0, 0.05) is 16.6 Å². The third kappa shape index (κ3) is 3.94. The lowest BCUT2D eigenvalue weighted by atomic mass is 9.81. The summed E-state index contributed by atoms with van der Waals surface area (Å²) in [5, 5.41) is 2.64. The summed E-state index contributed by atoms with van der Waals surface area (Å²) in [4.78, 5) is 16.0. The molecule has 3 nitrogen and oxygen atoms in total. The summed E-state index contributed by atoms with van der Waals surface area (Å²) >= 11 is 3.23. The summed E-state index contributed by atoms with van der Waals surface area (Å²) in [5.74, 6) is -1.46. The molecule has 0 radical (unpaired) electrons. The SMILES string of the molecule is O=C(Nc1ccc(Br)cn1)C1CCC(C(F)(F)F)CC1. The van der Waals surface area contributed by atoms with Crippen LogP contribution < -0.4 is 5.32 Å². The van der Waals surface area contributed by atoms with Crippen molar-refractivity contribution in [1.82, 2.24) is 4.98 Å². The Kier molecular flexibility index (Phi) is 4.67. The molecule has 0 bridgehead atoms. The standard InChI is InChI=1S/C13H14BrF3N2O/c14-10-5-6-11(18-7-10)19-12(20)8-1-3-9(4-2-8)13(15,16)17/h5-9H,1-4H2,(H,18,19,20). The molecular formula is C13H14BrF3N2O. The maximum Gasteiger partial charge on any atom is 0.391 e. The minimum absolute atomic E-state index is 0.0232. The number of rotatable bonds is 2. The van der Waals surface area contributed by atoms with Gasteiger partial charge < -0.3 is 5.32 Å². The number of nitrogens with zero attached hydrogens (tertiary/aromatic N) is 1. The van der Waals surface area contributed by atoms with Gasteiger partial charge in [-0.2, -0.15) is 13.2 Å². The Morgan fingerprint density at radius 1 is 1.25 bits per heavy atom. The number of carbonyl (C=O) groups is 1. The van der Waals surface area contributed by atoms with Crippen LogP contribution >= 0.6 is 15.9 Å². The molecule has 2 rings (SSSR count).